The summed E-state index contributed by atoms with van der Waals surface area (Å²) in [6.07, 6.45) is 0.143. The number of benzene rings is 1. The Morgan fingerprint density at radius 3 is 2.71 bits per heavy atom. The second-order valence-corrected chi connectivity index (χ2v) is 6.67. The van der Waals surface area contributed by atoms with Gasteiger partial charge in [0.15, 0.2) is 0 Å². The van der Waals surface area contributed by atoms with Gasteiger partial charge in [-0.05, 0) is 25.1 Å². The molecule has 2 heterocycles. The van der Waals surface area contributed by atoms with Crippen LogP contribution in [0.5, 0.6) is 0 Å². The molecule has 1 aliphatic heterocycles. The van der Waals surface area contributed by atoms with E-state index in [2.05, 4.69) is 20.9 Å². The number of rotatable bonds is 2. The minimum Gasteiger partial charge on any atom is -0.313 e. The number of likely N-dealkylation sites (N-methyl/N-ethyl adjacent to an activating group) is 1. The highest BCUT2D eigenvalue weighted by Crippen LogP contribution is 2.34. The number of halogens is 2. The maximum atomic E-state index is 12.3. The Bertz CT molecular complexity index is 756. The van der Waals surface area contributed by atoms with Crippen molar-refractivity contribution < 1.29 is 9.59 Å². The normalized spacial score (nSPS) is 20.6. The van der Waals surface area contributed by atoms with Crippen molar-refractivity contribution in [3.63, 3.8) is 0 Å². The maximum Gasteiger partial charge on any atom is 0.252 e. The number of imidazole rings is 1. The number of imide groups is 1. The standard InChI is InChI=1S/C14H13BrClN3O2/c1-7(16)13-17-9-4-3-8(15)5-10(9)19(13)11-6-12(20)18(2)14(11)21/h3-5,7,11H,6H2,1-2H3. The summed E-state index contributed by atoms with van der Waals surface area (Å²) in [4.78, 5) is 29.8. The molecule has 110 valence electrons. The van der Waals surface area contributed by atoms with Crippen molar-refractivity contribution >= 4 is 50.4 Å². The van der Waals surface area contributed by atoms with Crippen LogP contribution in [0.2, 0.25) is 0 Å². The maximum absolute atomic E-state index is 12.3. The first-order valence-corrected chi connectivity index (χ1v) is 7.75. The minimum absolute atomic E-state index is 0.143. The van der Waals surface area contributed by atoms with Gasteiger partial charge in [0.1, 0.15) is 11.9 Å². The zero-order chi connectivity index (χ0) is 15.3. The van der Waals surface area contributed by atoms with Crippen LogP contribution in [0.25, 0.3) is 11.0 Å². The SMILES string of the molecule is CC(Cl)c1nc2ccc(Br)cc2n1C1CC(=O)N(C)C1=O. The molecule has 1 aromatic carbocycles. The fraction of sp³-hybridized carbons (Fsp3) is 0.357. The molecule has 2 amide bonds. The summed E-state index contributed by atoms with van der Waals surface area (Å²) in [5.74, 6) is 0.194. The summed E-state index contributed by atoms with van der Waals surface area (Å²) in [5.41, 5.74) is 1.56. The highest BCUT2D eigenvalue weighted by atomic mass is 79.9. The van der Waals surface area contributed by atoms with Crippen LogP contribution in [0.1, 0.15) is 30.6 Å². The van der Waals surface area contributed by atoms with Gasteiger partial charge in [0.05, 0.1) is 22.8 Å². The van der Waals surface area contributed by atoms with E-state index >= 15 is 0 Å². The van der Waals surface area contributed by atoms with Gasteiger partial charge in [0.25, 0.3) is 5.91 Å². The van der Waals surface area contributed by atoms with Crippen LogP contribution in [0, 0.1) is 0 Å². The third-order valence-electron chi connectivity index (χ3n) is 3.70. The Balaban J connectivity index is 2.25. The number of likely N-dealkylation sites (tertiary alicyclic amines) is 1. The lowest BCUT2D eigenvalue weighted by Crippen LogP contribution is -2.27. The van der Waals surface area contributed by atoms with Gasteiger partial charge in [-0.25, -0.2) is 4.98 Å². The van der Waals surface area contributed by atoms with Crippen molar-refractivity contribution in [1.29, 1.82) is 0 Å². The summed E-state index contributed by atoms with van der Waals surface area (Å²) in [7, 11) is 1.50. The van der Waals surface area contributed by atoms with Crippen LogP contribution >= 0.6 is 27.5 Å². The van der Waals surface area contributed by atoms with Crippen molar-refractivity contribution in [3.8, 4) is 0 Å². The summed E-state index contributed by atoms with van der Waals surface area (Å²) < 4.78 is 2.68. The average molecular weight is 371 g/mol. The molecule has 0 aliphatic carbocycles. The highest BCUT2D eigenvalue weighted by Gasteiger charge is 2.39. The molecular formula is C14H13BrClN3O2. The molecule has 1 aliphatic rings. The zero-order valence-electron chi connectivity index (χ0n) is 11.5. The van der Waals surface area contributed by atoms with E-state index in [1.165, 1.54) is 7.05 Å². The monoisotopic (exact) mass is 369 g/mol. The smallest absolute Gasteiger partial charge is 0.252 e. The summed E-state index contributed by atoms with van der Waals surface area (Å²) in [6.45, 7) is 1.80. The van der Waals surface area contributed by atoms with E-state index in [-0.39, 0.29) is 23.6 Å². The Hall–Kier alpha value is -1.40. The van der Waals surface area contributed by atoms with E-state index in [0.717, 1.165) is 20.4 Å². The molecule has 7 heteroatoms. The number of alkyl halides is 1. The van der Waals surface area contributed by atoms with Gasteiger partial charge >= 0.3 is 0 Å². The molecule has 0 N–H and O–H groups in total. The fourth-order valence-electron chi connectivity index (χ4n) is 2.63. The van der Waals surface area contributed by atoms with Gasteiger partial charge in [-0.15, -0.1) is 11.6 Å². The second kappa shape index (κ2) is 5.10. The number of fused-ring (bicyclic) bond motifs is 1. The summed E-state index contributed by atoms with van der Waals surface area (Å²) >= 11 is 9.64. The van der Waals surface area contributed by atoms with Gasteiger partial charge in [-0.1, -0.05) is 15.9 Å². The van der Waals surface area contributed by atoms with Crippen LogP contribution in [-0.4, -0.2) is 33.3 Å². The summed E-state index contributed by atoms with van der Waals surface area (Å²) in [6, 6.07) is 5.07. The molecule has 21 heavy (non-hydrogen) atoms. The van der Waals surface area contributed by atoms with Crippen molar-refractivity contribution in [2.24, 2.45) is 0 Å². The molecule has 0 spiro atoms. The number of nitrogens with zero attached hydrogens (tertiary/aromatic N) is 3. The van der Waals surface area contributed by atoms with Gasteiger partial charge in [-0.3, -0.25) is 14.5 Å². The van der Waals surface area contributed by atoms with Crippen molar-refractivity contribution in [2.45, 2.75) is 24.8 Å². The van der Waals surface area contributed by atoms with Gasteiger partial charge in [0, 0.05) is 11.5 Å². The molecule has 0 bridgehead atoms. The fourth-order valence-corrected chi connectivity index (χ4v) is 3.13. The molecule has 0 radical (unpaired) electrons. The van der Waals surface area contributed by atoms with E-state index in [1.54, 1.807) is 11.5 Å². The Morgan fingerprint density at radius 2 is 2.14 bits per heavy atom. The second-order valence-electron chi connectivity index (χ2n) is 5.10. The van der Waals surface area contributed by atoms with Crippen LogP contribution in [0.4, 0.5) is 0 Å². The van der Waals surface area contributed by atoms with Gasteiger partial charge < -0.3 is 4.57 Å². The first-order valence-electron chi connectivity index (χ1n) is 6.52. The van der Waals surface area contributed by atoms with Crippen LogP contribution < -0.4 is 0 Å². The number of carbonyl (C=O) groups is 2. The molecule has 1 fully saturated rings. The van der Waals surface area contributed by atoms with E-state index in [9.17, 15) is 9.59 Å². The quantitative estimate of drug-likeness (QED) is 0.603. The lowest BCUT2D eigenvalue weighted by Gasteiger charge is -2.16. The van der Waals surface area contributed by atoms with Crippen molar-refractivity contribution in [1.82, 2.24) is 14.5 Å². The number of hydrogen-bond donors (Lipinski definition) is 0. The minimum atomic E-state index is -0.571. The third-order valence-corrected chi connectivity index (χ3v) is 4.39. The molecule has 3 rings (SSSR count). The van der Waals surface area contributed by atoms with Gasteiger partial charge in [0.2, 0.25) is 5.91 Å². The van der Waals surface area contributed by atoms with Crippen molar-refractivity contribution in [3.05, 3.63) is 28.5 Å². The van der Waals surface area contributed by atoms with Crippen LogP contribution in [0.3, 0.4) is 0 Å². The highest BCUT2D eigenvalue weighted by molar-refractivity contribution is 9.10. The largest absolute Gasteiger partial charge is 0.313 e. The molecule has 2 atom stereocenters. The van der Waals surface area contributed by atoms with E-state index in [0.29, 0.717) is 5.82 Å². The van der Waals surface area contributed by atoms with Crippen LogP contribution in [-0.2, 0) is 9.59 Å². The number of hydrogen-bond acceptors (Lipinski definition) is 3. The van der Waals surface area contributed by atoms with E-state index in [4.69, 9.17) is 11.6 Å². The number of aromatic nitrogens is 2. The van der Waals surface area contributed by atoms with Crippen LogP contribution in [0.15, 0.2) is 22.7 Å². The Morgan fingerprint density at radius 1 is 1.43 bits per heavy atom. The predicted octanol–water partition coefficient (Wildman–Crippen LogP) is 3.03. The summed E-state index contributed by atoms with van der Waals surface area (Å²) in [5, 5.41) is -0.356. The van der Waals surface area contributed by atoms with Gasteiger partial charge in [-0.2, -0.15) is 0 Å². The zero-order valence-corrected chi connectivity index (χ0v) is 13.8. The molecule has 5 nitrogen and oxygen atoms in total. The molecule has 2 unspecified atom stereocenters. The van der Waals surface area contributed by atoms with Crippen molar-refractivity contribution in [2.75, 3.05) is 7.05 Å². The molecule has 1 saturated heterocycles. The lowest BCUT2D eigenvalue weighted by molar-refractivity contribution is -0.137. The molecule has 2 aromatic rings. The molecule has 1 aromatic heterocycles. The Labute approximate surface area is 135 Å². The predicted molar refractivity (Wildman–Crippen MR) is 83.1 cm³/mol. The first-order chi connectivity index (χ1) is 9.90. The third kappa shape index (κ3) is 2.26. The Kier molecular flexibility index (Phi) is 3.53. The topological polar surface area (TPSA) is 55.2 Å². The average Bonchev–Trinajstić information content (AvgIpc) is 2.91. The lowest BCUT2D eigenvalue weighted by atomic mass is 10.2. The molecule has 0 saturated carbocycles. The number of carbonyl (C=O) groups excluding carboxylic acids is 2. The van der Waals surface area contributed by atoms with E-state index < -0.39 is 6.04 Å². The number of amides is 2. The first kappa shape index (κ1) is 14.5. The molecular weight excluding hydrogens is 358 g/mol. The van der Waals surface area contributed by atoms with E-state index in [1.807, 2.05) is 18.2 Å².